The maximum absolute atomic E-state index is 13.0. The minimum Gasteiger partial charge on any atom is -0.425 e. The zero-order chi connectivity index (χ0) is 12.3. The Balaban J connectivity index is 1.90. The summed E-state index contributed by atoms with van der Waals surface area (Å²) < 4.78 is 31.5. The monoisotopic (exact) mass is 245 g/mol. The van der Waals surface area contributed by atoms with E-state index in [1.807, 2.05) is 7.05 Å². The van der Waals surface area contributed by atoms with Gasteiger partial charge < -0.3 is 9.73 Å². The molecule has 0 aromatic carbocycles. The Morgan fingerprint density at radius 2 is 2.29 bits per heavy atom. The molecule has 1 heterocycles. The van der Waals surface area contributed by atoms with Crippen molar-refractivity contribution in [1.29, 1.82) is 0 Å². The molecule has 0 spiro atoms. The second-order valence-electron chi connectivity index (χ2n) is 4.54. The highest BCUT2D eigenvalue weighted by Crippen LogP contribution is 2.43. The molecule has 1 aliphatic carbocycles. The molecule has 0 radical (unpaired) electrons. The molecule has 4 nitrogen and oxygen atoms in total. The Labute approximate surface area is 98.8 Å². The van der Waals surface area contributed by atoms with Crippen LogP contribution in [0.5, 0.6) is 0 Å². The molecule has 1 aromatic heterocycles. The van der Waals surface area contributed by atoms with E-state index in [1.54, 1.807) is 0 Å². The zero-order valence-electron chi connectivity index (χ0n) is 9.88. The third kappa shape index (κ3) is 3.21. The summed E-state index contributed by atoms with van der Waals surface area (Å²) in [7, 11) is 1.87. The first-order valence-corrected chi connectivity index (χ1v) is 5.95. The van der Waals surface area contributed by atoms with Crippen molar-refractivity contribution in [3.63, 3.8) is 0 Å². The summed E-state index contributed by atoms with van der Waals surface area (Å²) in [5.41, 5.74) is 0. The van der Waals surface area contributed by atoms with Gasteiger partial charge in [-0.3, -0.25) is 0 Å². The molecule has 1 unspecified atom stereocenters. The summed E-state index contributed by atoms with van der Waals surface area (Å²) in [5, 5.41) is 10.8. The van der Waals surface area contributed by atoms with Gasteiger partial charge in [-0.1, -0.05) is 0 Å². The van der Waals surface area contributed by atoms with Crippen LogP contribution in [-0.4, -0.2) is 29.7 Å². The topological polar surface area (TPSA) is 51.0 Å². The van der Waals surface area contributed by atoms with Crippen LogP contribution in [0.3, 0.4) is 0 Å². The first-order chi connectivity index (χ1) is 8.11. The molecule has 1 fully saturated rings. The van der Waals surface area contributed by atoms with E-state index in [4.69, 9.17) is 4.42 Å². The van der Waals surface area contributed by atoms with E-state index < -0.39 is 5.92 Å². The summed E-state index contributed by atoms with van der Waals surface area (Å²) in [6.07, 6.45) is 1.79. The van der Waals surface area contributed by atoms with E-state index >= 15 is 0 Å². The lowest BCUT2D eigenvalue weighted by Gasteiger charge is -2.06. The Bertz CT molecular complexity index is 367. The third-order valence-electron chi connectivity index (χ3n) is 3.05. The van der Waals surface area contributed by atoms with E-state index in [1.165, 1.54) is 0 Å². The molecule has 17 heavy (non-hydrogen) atoms. The number of aryl methyl sites for hydroxylation is 1. The maximum Gasteiger partial charge on any atom is 0.248 e. The quantitative estimate of drug-likeness (QED) is 0.807. The van der Waals surface area contributed by atoms with Crippen molar-refractivity contribution in [2.24, 2.45) is 0 Å². The predicted molar refractivity (Wildman–Crippen MR) is 58.1 cm³/mol. The van der Waals surface area contributed by atoms with Gasteiger partial charge in [0.05, 0.1) is 0 Å². The molecule has 2 rings (SSSR count). The number of nitrogens with one attached hydrogen (secondary N) is 1. The standard InChI is InChI=1S/C11H17F2N3O/c1-14-6-2-3-9-15-16-10(17-9)8-4-5-11(12,13)7-8/h8,14H,2-7H2,1H3. The molecule has 0 aliphatic heterocycles. The normalized spacial score (nSPS) is 23.1. The van der Waals surface area contributed by atoms with Gasteiger partial charge in [0, 0.05) is 25.2 Å². The van der Waals surface area contributed by atoms with Crippen LogP contribution in [0.4, 0.5) is 8.78 Å². The van der Waals surface area contributed by atoms with Crippen molar-refractivity contribution >= 4 is 0 Å². The van der Waals surface area contributed by atoms with E-state index in [0.717, 1.165) is 13.0 Å². The number of nitrogens with zero attached hydrogens (tertiary/aromatic N) is 2. The molecule has 1 aliphatic rings. The number of rotatable bonds is 5. The van der Waals surface area contributed by atoms with Crippen LogP contribution in [0.15, 0.2) is 4.42 Å². The highest BCUT2D eigenvalue weighted by molar-refractivity contribution is 4.99. The van der Waals surface area contributed by atoms with Gasteiger partial charge in [-0.25, -0.2) is 8.78 Å². The van der Waals surface area contributed by atoms with Gasteiger partial charge in [0.1, 0.15) is 0 Å². The summed E-state index contributed by atoms with van der Waals surface area (Å²) in [6.45, 7) is 0.874. The molecule has 0 amide bonds. The molecular formula is C11H17F2N3O. The molecule has 1 aromatic rings. The van der Waals surface area contributed by atoms with Crippen LogP contribution in [0.25, 0.3) is 0 Å². The van der Waals surface area contributed by atoms with Gasteiger partial charge in [0.2, 0.25) is 17.7 Å². The van der Waals surface area contributed by atoms with E-state index in [2.05, 4.69) is 15.5 Å². The largest absolute Gasteiger partial charge is 0.425 e. The zero-order valence-corrected chi connectivity index (χ0v) is 9.88. The lowest BCUT2D eigenvalue weighted by Crippen LogP contribution is -2.09. The minimum absolute atomic E-state index is 0.0743. The van der Waals surface area contributed by atoms with Crippen molar-refractivity contribution in [3.8, 4) is 0 Å². The van der Waals surface area contributed by atoms with Gasteiger partial charge >= 0.3 is 0 Å². The highest BCUT2D eigenvalue weighted by atomic mass is 19.3. The second kappa shape index (κ2) is 5.08. The van der Waals surface area contributed by atoms with Crippen molar-refractivity contribution in [2.75, 3.05) is 13.6 Å². The molecule has 0 bridgehead atoms. The predicted octanol–water partition coefficient (Wildman–Crippen LogP) is 2.12. The van der Waals surface area contributed by atoms with Crippen LogP contribution in [-0.2, 0) is 6.42 Å². The molecule has 6 heteroatoms. The number of halogens is 2. The Kier molecular flexibility index (Phi) is 3.71. The number of alkyl halides is 2. The SMILES string of the molecule is CNCCCc1nnc(C2CCC(F)(F)C2)o1. The van der Waals surface area contributed by atoms with Gasteiger partial charge in [0.15, 0.2) is 0 Å². The molecule has 96 valence electrons. The molecule has 1 saturated carbocycles. The second-order valence-corrected chi connectivity index (χ2v) is 4.54. The van der Waals surface area contributed by atoms with Gasteiger partial charge in [-0.2, -0.15) is 0 Å². The Morgan fingerprint density at radius 1 is 1.47 bits per heavy atom. The Morgan fingerprint density at radius 3 is 2.94 bits per heavy atom. The average molecular weight is 245 g/mol. The first-order valence-electron chi connectivity index (χ1n) is 5.95. The fraction of sp³-hybridized carbons (Fsp3) is 0.818. The summed E-state index contributed by atoms with van der Waals surface area (Å²) in [5.74, 6) is -1.91. The van der Waals surface area contributed by atoms with Crippen molar-refractivity contribution in [3.05, 3.63) is 11.8 Å². The average Bonchev–Trinajstić information content (AvgIpc) is 2.85. The first kappa shape index (κ1) is 12.4. The minimum atomic E-state index is -2.56. The van der Waals surface area contributed by atoms with E-state index in [0.29, 0.717) is 24.6 Å². The number of aromatic nitrogens is 2. The fourth-order valence-corrected chi connectivity index (χ4v) is 2.11. The maximum atomic E-state index is 13.0. The lowest BCUT2D eigenvalue weighted by atomic mass is 10.1. The van der Waals surface area contributed by atoms with E-state index in [-0.39, 0.29) is 18.8 Å². The van der Waals surface area contributed by atoms with Gasteiger partial charge in [-0.05, 0) is 26.4 Å². The molecule has 0 saturated heterocycles. The van der Waals surface area contributed by atoms with Crippen LogP contribution >= 0.6 is 0 Å². The lowest BCUT2D eigenvalue weighted by molar-refractivity contribution is 0.00701. The van der Waals surface area contributed by atoms with Crippen LogP contribution in [0, 0.1) is 0 Å². The molecular weight excluding hydrogens is 228 g/mol. The third-order valence-corrected chi connectivity index (χ3v) is 3.05. The highest BCUT2D eigenvalue weighted by Gasteiger charge is 2.42. The smallest absolute Gasteiger partial charge is 0.248 e. The summed E-state index contributed by atoms with van der Waals surface area (Å²) in [4.78, 5) is 0. The number of hydrogen-bond donors (Lipinski definition) is 1. The summed E-state index contributed by atoms with van der Waals surface area (Å²) >= 11 is 0. The van der Waals surface area contributed by atoms with Crippen LogP contribution in [0.2, 0.25) is 0 Å². The molecule has 1 atom stereocenters. The number of hydrogen-bond acceptors (Lipinski definition) is 4. The van der Waals surface area contributed by atoms with Crippen LogP contribution < -0.4 is 5.32 Å². The van der Waals surface area contributed by atoms with Crippen molar-refractivity contribution < 1.29 is 13.2 Å². The van der Waals surface area contributed by atoms with Crippen LogP contribution in [0.1, 0.15) is 43.4 Å². The Hall–Kier alpha value is -1.04. The fourth-order valence-electron chi connectivity index (χ4n) is 2.11. The van der Waals surface area contributed by atoms with Crippen molar-refractivity contribution in [1.82, 2.24) is 15.5 Å². The summed E-state index contributed by atoms with van der Waals surface area (Å²) in [6, 6.07) is 0. The van der Waals surface area contributed by atoms with Crippen molar-refractivity contribution in [2.45, 2.75) is 43.9 Å². The van der Waals surface area contributed by atoms with E-state index in [9.17, 15) is 8.78 Å². The van der Waals surface area contributed by atoms with Gasteiger partial charge in [0.25, 0.3) is 0 Å². The van der Waals surface area contributed by atoms with Gasteiger partial charge in [-0.15, -0.1) is 10.2 Å². The molecule has 1 N–H and O–H groups in total.